The lowest BCUT2D eigenvalue weighted by molar-refractivity contribution is -0.138. The van der Waals surface area contributed by atoms with Crippen molar-refractivity contribution in [1.82, 2.24) is 15.0 Å². The van der Waals surface area contributed by atoms with E-state index in [9.17, 15) is 26.4 Å². The Bertz CT molecular complexity index is 1500. The summed E-state index contributed by atoms with van der Waals surface area (Å²) in [6.45, 7) is 6.61. The lowest BCUT2D eigenvalue weighted by atomic mass is 9.88. The third-order valence-corrected chi connectivity index (χ3v) is 8.20. The molecule has 0 amide bonds. The first-order valence-corrected chi connectivity index (χ1v) is 12.9. The number of hydrogen-bond acceptors (Lipinski definition) is 6. The Labute approximate surface area is 204 Å². The van der Waals surface area contributed by atoms with Crippen molar-refractivity contribution in [2.75, 3.05) is 16.8 Å². The van der Waals surface area contributed by atoms with Gasteiger partial charge in [-0.15, -0.1) is 6.58 Å². The van der Waals surface area contributed by atoms with Gasteiger partial charge in [0.05, 0.1) is 28.5 Å². The number of pyridine rings is 1. The topological polar surface area (TPSA) is 105 Å². The standard InChI is InChI=1S/C24H24F4N4O3S/c1-4-19(15-6-5-7-17(13(15)2)24(26,27)28)30-21-16-12-18(14(3)29-20(16)31-22(33)32-21)23(25)8-10-36(34,35)11-9-23/h4-7,12,19H,1,8-11H2,2-3H3,(H2,29,30,31,32,33)/t19-/m1/s1. The molecule has 3 heterocycles. The molecule has 36 heavy (non-hydrogen) atoms. The van der Waals surface area contributed by atoms with Gasteiger partial charge in [-0.25, -0.2) is 22.6 Å². The van der Waals surface area contributed by atoms with Crippen molar-refractivity contribution in [1.29, 1.82) is 0 Å². The SMILES string of the molecule is C=C[C@@H](Nc1nc(=O)[nH]c2nc(C)c(C3(F)CCS(=O)(=O)CC3)cc12)c1cccc(C(F)(F)F)c1C. The third-order valence-electron chi connectivity index (χ3n) is 6.55. The maximum atomic E-state index is 15.9. The van der Waals surface area contributed by atoms with Crippen LogP contribution in [0.3, 0.4) is 0 Å². The average Bonchev–Trinajstić information content (AvgIpc) is 2.78. The van der Waals surface area contributed by atoms with Crippen molar-refractivity contribution in [3.8, 4) is 0 Å². The predicted molar refractivity (Wildman–Crippen MR) is 128 cm³/mol. The number of fused-ring (bicyclic) bond motifs is 1. The Hall–Kier alpha value is -3.28. The molecule has 12 heteroatoms. The van der Waals surface area contributed by atoms with Crippen molar-refractivity contribution in [3.05, 3.63) is 75.4 Å². The first-order chi connectivity index (χ1) is 16.7. The normalized spacial score (nSPS) is 18.1. The fraction of sp³-hybridized carbons (Fsp3) is 0.375. The van der Waals surface area contributed by atoms with Crippen LogP contribution in [0.2, 0.25) is 0 Å². The number of aryl methyl sites for hydroxylation is 1. The number of alkyl halides is 4. The molecule has 7 nitrogen and oxygen atoms in total. The quantitative estimate of drug-likeness (QED) is 0.372. The molecular formula is C24H24F4N4O3S. The molecule has 0 bridgehead atoms. The number of nitrogens with one attached hydrogen (secondary N) is 2. The summed E-state index contributed by atoms with van der Waals surface area (Å²) in [6, 6.07) is 4.35. The number of H-pyrrole nitrogens is 1. The molecular weight excluding hydrogens is 500 g/mol. The number of aromatic amines is 1. The molecule has 1 aliphatic rings. The van der Waals surface area contributed by atoms with E-state index in [2.05, 4.69) is 26.8 Å². The zero-order valence-electron chi connectivity index (χ0n) is 19.5. The molecule has 1 atom stereocenters. The fourth-order valence-corrected chi connectivity index (χ4v) is 6.05. The van der Waals surface area contributed by atoms with Crippen molar-refractivity contribution in [3.63, 3.8) is 0 Å². The number of aromatic nitrogens is 3. The molecule has 1 aromatic carbocycles. The van der Waals surface area contributed by atoms with Crippen LogP contribution in [0.5, 0.6) is 0 Å². The summed E-state index contributed by atoms with van der Waals surface area (Å²) in [5.41, 5.74) is -2.69. The molecule has 2 N–H and O–H groups in total. The van der Waals surface area contributed by atoms with E-state index in [1.54, 1.807) is 6.92 Å². The summed E-state index contributed by atoms with van der Waals surface area (Å²) in [4.78, 5) is 23.0. The van der Waals surface area contributed by atoms with Crippen molar-refractivity contribution in [2.45, 2.75) is 44.6 Å². The van der Waals surface area contributed by atoms with Gasteiger partial charge in [-0.1, -0.05) is 18.2 Å². The van der Waals surface area contributed by atoms with Crippen molar-refractivity contribution in [2.24, 2.45) is 0 Å². The smallest absolute Gasteiger partial charge is 0.359 e. The van der Waals surface area contributed by atoms with E-state index in [1.165, 1.54) is 31.2 Å². The van der Waals surface area contributed by atoms with Gasteiger partial charge in [0.15, 0.2) is 9.84 Å². The summed E-state index contributed by atoms with van der Waals surface area (Å²) in [7, 11) is -3.32. The van der Waals surface area contributed by atoms with Gasteiger partial charge in [-0.3, -0.25) is 4.98 Å². The Morgan fingerprint density at radius 3 is 2.47 bits per heavy atom. The lowest BCUT2D eigenvalue weighted by Crippen LogP contribution is -2.34. The molecule has 0 unspecified atom stereocenters. The highest BCUT2D eigenvalue weighted by Gasteiger charge is 2.40. The minimum absolute atomic E-state index is 0.0164. The van der Waals surface area contributed by atoms with Gasteiger partial charge in [0.2, 0.25) is 0 Å². The summed E-state index contributed by atoms with van der Waals surface area (Å²) < 4.78 is 79.9. The molecule has 3 aromatic rings. The largest absolute Gasteiger partial charge is 0.416 e. The number of benzene rings is 1. The minimum Gasteiger partial charge on any atom is -0.359 e. The van der Waals surface area contributed by atoms with E-state index in [1.807, 2.05) is 0 Å². The Balaban J connectivity index is 1.81. The van der Waals surface area contributed by atoms with Gasteiger partial charge < -0.3 is 5.32 Å². The second-order valence-electron chi connectivity index (χ2n) is 8.90. The molecule has 0 spiro atoms. The van der Waals surface area contributed by atoms with E-state index in [0.29, 0.717) is 0 Å². The Kier molecular flexibility index (Phi) is 6.44. The van der Waals surface area contributed by atoms with Crippen LogP contribution < -0.4 is 11.0 Å². The molecule has 2 aromatic heterocycles. The number of hydrogen-bond donors (Lipinski definition) is 2. The van der Waals surface area contributed by atoms with Crippen molar-refractivity contribution >= 4 is 26.7 Å². The van der Waals surface area contributed by atoms with Crippen molar-refractivity contribution < 1.29 is 26.0 Å². The highest BCUT2D eigenvalue weighted by atomic mass is 32.2. The second-order valence-corrected chi connectivity index (χ2v) is 11.2. The molecule has 1 aliphatic heterocycles. The molecule has 4 rings (SSSR count). The number of nitrogens with zero attached hydrogens (tertiary/aromatic N) is 2. The monoisotopic (exact) mass is 524 g/mol. The Morgan fingerprint density at radius 2 is 1.86 bits per heavy atom. The first kappa shape index (κ1) is 25.8. The van der Waals surface area contributed by atoms with Crippen LogP contribution in [0.1, 0.15) is 46.8 Å². The maximum Gasteiger partial charge on any atom is 0.416 e. The maximum absolute atomic E-state index is 15.9. The molecule has 0 saturated carbocycles. The van der Waals surface area contributed by atoms with E-state index >= 15 is 4.39 Å². The van der Waals surface area contributed by atoms with Gasteiger partial charge in [-0.05, 0) is 49.9 Å². The van der Waals surface area contributed by atoms with Gasteiger partial charge in [0, 0.05) is 11.3 Å². The van der Waals surface area contributed by atoms with E-state index in [-0.39, 0.29) is 63.6 Å². The van der Waals surface area contributed by atoms with Crippen LogP contribution in [-0.4, -0.2) is 34.9 Å². The van der Waals surface area contributed by atoms with Crippen LogP contribution in [0, 0.1) is 13.8 Å². The van der Waals surface area contributed by atoms with Gasteiger partial charge in [-0.2, -0.15) is 18.2 Å². The summed E-state index contributed by atoms with van der Waals surface area (Å²) >= 11 is 0. The molecule has 1 saturated heterocycles. The number of anilines is 1. The van der Waals surface area contributed by atoms with E-state index in [0.717, 1.165) is 6.07 Å². The Morgan fingerprint density at radius 1 is 1.19 bits per heavy atom. The summed E-state index contributed by atoms with van der Waals surface area (Å²) in [5.74, 6) is -0.622. The van der Waals surface area contributed by atoms with Crippen LogP contribution in [0.15, 0.2) is 41.7 Å². The highest BCUT2D eigenvalue weighted by Crippen LogP contribution is 2.41. The fourth-order valence-electron chi connectivity index (χ4n) is 4.58. The van der Waals surface area contributed by atoms with Crippen LogP contribution in [-0.2, 0) is 21.7 Å². The van der Waals surface area contributed by atoms with E-state index < -0.39 is 39.0 Å². The van der Waals surface area contributed by atoms with Crippen LogP contribution in [0.4, 0.5) is 23.4 Å². The second kappa shape index (κ2) is 8.99. The number of rotatable bonds is 5. The first-order valence-electron chi connectivity index (χ1n) is 11.1. The predicted octanol–water partition coefficient (Wildman–Crippen LogP) is 4.67. The van der Waals surface area contributed by atoms with Gasteiger partial charge in [0.25, 0.3) is 0 Å². The van der Waals surface area contributed by atoms with Crippen LogP contribution in [0.25, 0.3) is 11.0 Å². The molecule has 192 valence electrons. The van der Waals surface area contributed by atoms with Crippen LogP contribution >= 0.6 is 0 Å². The molecule has 0 aliphatic carbocycles. The third kappa shape index (κ3) is 4.86. The average molecular weight is 525 g/mol. The summed E-state index contributed by atoms with van der Waals surface area (Å²) in [6.07, 6.45) is -3.65. The minimum atomic E-state index is -4.56. The zero-order chi connectivity index (χ0) is 26.5. The number of halogens is 4. The number of sulfone groups is 1. The summed E-state index contributed by atoms with van der Waals surface area (Å²) in [5, 5.41) is 3.18. The van der Waals surface area contributed by atoms with E-state index in [4.69, 9.17) is 0 Å². The molecule has 0 radical (unpaired) electrons. The highest BCUT2D eigenvalue weighted by molar-refractivity contribution is 7.91. The zero-order valence-corrected chi connectivity index (χ0v) is 20.4. The lowest BCUT2D eigenvalue weighted by Gasteiger charge is -2.31. The molecule has 1 fully saturated rings. The van der Waals surface area contributed by atoms with Gasteiger partial charge in [0.1, 0.15) is 17.1 Å². The van der Waals surface area contributed by atoms with Gasteiger partial charge >= 0.3 is 11.9 Å².